The van der Waals surface area contributed by atoms with Crippen molar-refractivity contribution in [2.24, 2.45) is 0 Å². The summed E-state index contributed by atoms with van der Waals surface area (Å²) in [5.41, 5.74) is 2.20. The average Bonchev–Trinajstić information content (AvgIpc) is 2.72. The summed E-state index contributed by atoms with van der Waals surface area (Å²) in [6.45, 7) is 0.679. The van der Waals surface area contributed by atoms with E-state index in [9.17, 15) is 9.18 Å². The number of carbonyl (C=O) groups excluding carboxylic acids is 1. The monoisotopic (exact) mass is 408 g/mol. The topological polar surface area (TPSA) is 69.0 Å². The van der Waals surface area contributed by atoms with Crippen LogP contribution in [0.15, 0.2) is 67.0 Å². The standard InChI is InChI=1S/C22H18ClFN4O/c23-19-5-7-20(8-6-19)27-22(29)15-28(13-17-2-1-9-26-12-17)14-18-4-3-16(11-25)10-21(18)24/h1-10,12H,13-15H2,(H,27,29). The molecule has 29 heavy (non-hydrogen) atoms. The van der Waals surface area contributed by atoms with Crippen LogP contribution >= 0.6 is 11.6 Å². The van der Waals surface area contributed by atoms with Crippen molar-refractivity contribution < 1.29 is 9.18 Å². The highest BCUT2D eigenvalue weighted by Gasteiger charge is 2.15. The number of nitrogens with one attached hydrogen (secondary N) is 1. The number of carbonyl (C=O) groups is 1. The number of nitrogens with zero attached hydrogens (tertiary/aromatic N) is 3. The second kappa shape index (κ2) is 9.78. The van der Waals surface area contributed by atoms with Crippen molar-refractivity contribution in [2.45, 2.75) is 13.1 Å². The van der Waals surface area contributed by atoms with E-state index in [1.807, 2.05) is 23.1 Å². The first-order valence-electron chi connectivity index (χ1n) is 8.88. The number of pyridine rings is 1. The maximum atomic E-state index is 14.4. The molecule has 0 fully saturated rings. The van der Waals surface area contributed by atoms with E-state index in [1.54, 1.807) is 48.8 Å². The van der Waals surface area contributed by atoms with Crippen molar-refractivity contribution >= 4 is 23.2 Å². The van der Waals surface area contributed by atoms with Gasteiger partial charge >= 0.3 is 0 Å². The predicted octanol–water partition coefficient (Wildman–Crippen LogP) is 4.39. The predicted molar refractivity (Wildman–Crippen MR) is 110 cm³/mol. The highest BCUT2D eigenvalue weighted by molar-refractivity contribution is 6.30. The number of benzene rings is 2. The van der Waals surface area contributed by atoms with Gasteiger partial charge in [-0.05, 0) is 48.0 Å². The maximum Gasteiger partial charge on any atom is 0.238 e. The smallest absolute Gasteiger partial charge is 0.238 e. The Labute approximate surface area is 173 Å². The first-order valence-corrected chi connectivity index (χ1v) is 9.26. The Morgan fingerprint density at radius 2 is 1.97 bits per heavy atom. The lowest BCUT2D eigenvalue weighted by atomic mass is 10.1. The SMILES string of the molecule is N#Cc1ccc(CN(CC(=O)Nc2ccc(Cl)cc2)Cc2cccnc2)c(F)c1. The number of hydrogen-bond acceptors (Lipinski definition) is 4. The van der Waals surface area contributed by atoms with Gasteiger partial charge in [0, 0.05) is 41.8 Å². The molecule has 0 unspecified atom stereocenters. The van der Waals surface area contributed by atoms with E-state index in [2.05, 4.69) is 10.3 Å². The molecule has 0 bridgehead atoms. The van der Waals surface area contributed by atoms with Crippen molar-refractivity contribution in [1.29, 1.82) is 5.26 Å². The minimum atomic E-state index is -0.474. The van der Waals surface area contributed by atoms with Crippen molar-refractivity contribution in [3.8, 4) is 6.07 Å². The highest BCUT2D eigenvalue weighted by Crippen LogP contribution is 2.16. The lowest BCUT2D eigenvalue weighted by molar-refractivity contribution is -0.117. The van der Waals surface area contributed by atoms with Crippen LogP contribution in [-0.2, 0) is 17.9 Å². The van der Waals surface area contributed by atoms with E-state index in [0.717, 1.165) is 5.56 Å². The number of rotatable bonds is 7. The fraction of sp³-hybridized carbons (Fsp3) is 0.136. The Hall–Kier alpha value is -3.27. The Bertz CT molecular complexity index is 1020. The summed E-state index contributed by atoms with van der Waals surface area (Å²) >= 11 is 5.87. The lowest BCUT2D eigenvalue weighted by Gasteiger charge is -2.22. The van der Waals surface area contributed by atoms with E-state index in [0.29, 0.717) is 22.8 Å². The molecule has 0 aliphatic carbocycles. The Balaban J connectivity index is 1.74. The zero-order valence-corrected chi connectivity index (χ0v) is 16.2. The van der Waals surface area contributed by atoms with Gasteiger partial charge in [0.05, 0.1) is 18.2 Å². The molecule has 1 amide bonds. The summed E-state index contributed by atoms with van der Waals surface area (Å²) in [6.07, 6.45) is 3.38. The lowest BCUT2D eigenvalue weighted by Crippen LogP contribution is -2.32. The summed E-state index contributed by atoms with van der Waals surface area (Å²) in [5.74, 6) is -0.705. The molecule has 0 saturated carbocycles. The summed E-state index contributed by atoms with van der Waals surface area (Å²) in [5, 5.41) is 12.3. The van der Waals surface area contributed by atoms with Gasteiger partial charge in [-0.1, -0.05) is 23.7 Å². The number of nitriles is 1. The first kappa shape index (κ1) is 20.5. The number of halogens is 2. The van der Waals surface area contributed by atoms with E-state index in [4.69, 9.17) is 16.9 Å². The first-order chi connectivity index (χ1) is 14.0. The second-order valence-electron chi connectivity index (χ2n) is 6.48. The third kappa shape index (κ3) is 6.11. The third-order valence-corrected chi connectivity index (χ3v) is 4.45. The van der Waals surface area contributed by atoms with Gasteiger partial charge in [0.1, 0.15) is 5.82 Å². The summed E-state index contributed by atoms with van der Waals surface area (Å²) < 4.78 is 14.4. The molecule has 0 radical (unpaired) electrons. The average molecular weight is 409 g/mol. The molecule has 5 nitrogen and oxygen atoms in total. The second-order valence-corrected chi connectivity index (χ2v) is 6.92. The fourth-order valence-corrected chi connectivity index (χ4v) is 2.97. The zero-order chi connectivity index (χ0) is 20.6. The largest absolute Gasteiger partial charge is 0.325 e. The zero-order valence-electron chi connectivity index (χ0n) is 15.5. The number of aromatic nitrogens is 1. The molecule has 1 heterocycles. The highest BCUT2D eigenvalue weighted by atomic mass is 35.5. The van der Waals surface area contributed by atoms with Gasteiger partial charge in [0.15, 0.2) is 0 Å². The van der Waals surface area contributed by atoms with Gasteiger partial charge in [0.2, 0.25) is 5.91 Å². The minimum Gasteiger partial charge on any atom is -0.325 e. The van der Waals surface area contributed by atoms with Crippen LogP contribution in [0, 0.1) is 17.1 Å². The van der Waals surface area contributed by atoms with Crippen molar-refractivity contribution in [3.05, 3.63) is 94.5 Å². The molecular formula is C22H18ClFN4O. The van der Waals surface area contributed by atoms with Crippen LogP contribution in [0.3, 0.4) is 0 Å². The van der Waals surface area contributed by atoms with E-state index >= 15 is 0 Å². The van der Waals surface area contributed by atoms with Crippen LogP contribution in [0.5, 0.6) is 0 Å². The van der Waals surface area contributed by atoms with Gasteiger partial charge in [-0.15, -0.1) is 0 Å². The quantitative estimate of drug-likeness (QED) is 0.629. The molecule has 0 spiro atoms. The number of hydrogen-bond donors (Lipinski definition) is 1. The molecule has 0 saturated heterocycles. The third-order valence-electron chi connectivity index (χ3n) is 4.20. The molecule has 0 aliphatic rings. The van der Waals surface area contributed by atoms with Crippen molar-refractivity contribution in [3.63, 3.8) is 0 Å². The van der Waals surface area contributed by atoms with Gasteiger partial charge in [0.25, 0.3) is 0 Å². The molecule has 146 valence electrons. The molecule has 1 aromatic heterocycles. The molecule has 1 N–H and O–H groups in total. The van der Waals surface area contributed by atoms with Gasteiger partial charge in [-0.2, -0.15) is 5.26 Å². The van der Waals surface area contributed by atoms with Crippen LogP contribution in [-0.4, -0.2) is 22.3 Å². The van der Waals surface area contributed by atoms with Crippen LogP contribution in [0.25, 0.3) is 0 Å². The van der Waals surface area contributed by atoms with Gasteiger partial charge in [-0.3, -0.25) is 14.7 Å². The molecule has 3 rings (SSSR count). The van der Waals surface area contributed by atoms with Crippen LogP contribution < -0.4 is 5.32 Å². The number of amides is 1. The summed E-state index contributed by atoms with van der Waals surface area (Å²) in [7, 11) is 0. The molecule has 0 aliphatic heterocycles. The Morgan fingerprint density at radius 3 is 2.62 bits per heavy atom. The van der Waals surface area contributed by atoms with Crippen LogP contribution in [0.2, 0.25) is 5.02 Å². The van der Waals surface area contributed by atoms with E-state index < -0.39 is 5.82 Å². The van der Waals surface area contributed by atoms with Crippen molar-refractivity contribution in [1.82, 2.24) is 9.88 Å². The summed E-state index contributed by atoms with van der Waals surface area (Å²) in [6, 6.07) is 16.8. The van der Waals surface area contributed by atoms with Crippen LogP contribution in [0.4, 0.5) is 10.1 Å². The maximum absolute atomic E-state index is 14.4. The Morgan fingerprint density at radius 1 is 1.17 bits per heavy atom. The minimum absolute atomic E-state index is 0.0525. The summed E-state index contributed by atoms with van der Waals surface area (Å²) in [4.78, 5) is 18.4. The molecule has 0 atom stereocenters. The molecule has 7 heteroatoms. The Kier molecular flexibility index (Phi) is 6.90. The molecular weight excluding hydrogens is 391 g/mol. The van der Waals surface area contributed by atoms with Gasteiger partial charge in [-0.25, -0.2) is 4.39 Å². The van der Waals surface area contributed by atoms with E-state index in [1.165, 1.54) is 6.07 Å². The molecule has 3 aromatic rings. The molecule has 2 aromatic carbocycles. The van der Waals surface area contributed by atoms with Crippen LogP contribution in [0.1, 0.15) is 16.7 Å². The van der Waals surface area contributed by atoms with Gasteiger partial charge < -0.3 is 5.32 Å². The fourth-order valence-electron chi connectivity index (χ4n) is 2.84. The van der Waals surface area contributed by atoms with E-state index in [-0.39, 0.29) is 24.6 Å². The van der Waals surface area contributed by atoms with Crippen molar-refractivity contribution in [2.75, 3.05) is 11.9 Å². The number of anilines is 1. The normalized spacial score (nSPS) is 10.6.